The van der Waals surface area contributed by atoms with Crippen molar-refractivity contribution in [3.05, 3.63) is 80.3 Å². The maximum absolute atomic E-state index is 6.45. The molecule has 0 bridgehead atoms. The Morgan fingerprint density at radius 1 is 1.03 bits per heavy atom. The summed E-state index contributed by atoms with van der Waals surface area (Å²) >= 11 is 13.6. The second kappa shape index (κ2) is 10.1. The van der Waals surface area contributed by atoms with E-state index in [9.17, 15) is 0 Å². The summed E-state index contributed by atoms with van der Waals surface area (Å²) in [5.41, 5.74) is 3.88. The maximum Gasteiger partial charge on any atom is 0.172 e. The summed E-state index contributed by atoms with van der Waals surface area (Å²) in [6.07, 6.45) is 4.13. The van der Waals surface area contributed by atoms with E-state index in [0.717, 1.165) is 57.8 Å². The van der Waals surface area contributed by atoms with Crippen LogP contribution in [0, 0.1) is 5.92 Å². The zero-order valence-electron chi connectivity index (χ0n) is 18.0. The molecule has 5 nitrogen and oxygen atoms in total. The van der Waals surface area contributed by atoms with Crippen LogP contribution in [0.3, 0.4) is 0 Å². The van der Waals surface area contributed by atoms with Crippen LogP contribution >= 0.6 is 43.5 Å². The minimum Gasteiger partial charge on any atom is -0.370 e. The van der Waals surface area contributed by atoms with Gasteiger partial charge in [0.2, 0.25) is 0 Å². The molecule has 1 fully saturated rings. The van der Waals surface area contributed by atoms with Crippen LogP contribution in [0.25, 0.3) is 16.9 Å². The van der Waals surface area contributed by atoms with Gasteiger partial charge in [0.15, 0.2) is 5.65 Å². The fourth-order valence-electron chi connectivity index (χ4n) is 4.36. The Balaban J connectivity index is 1.27. The predicted molar refractivity (Wildman–Crippen MR) is 142 cm³/mol. The third kappa shape index (κ3) is 5.27. The van der Waals surface area contributed by atoms with Gasteiger partial charge in [-0.3, -0.25) is 4.90 Å². The van der Waals surface area contributed by atoms with E-state index in [1.807, 2.05) is 34.8 Å². The number of likely N-dealkylation sites (tertiary alicyclic amines) is 1. The van der Waals surface area contributed by atoms with Gasteiger partial charge in [0.1, 0.15) is 5.82 Å². The lowest BCUT2D eigenvalue weighted by molar-refractivity contribution is 0.182. The smallest absolute Gasteiger partial charge is 0.172 e. The molecule has 5 rings (SSSR count). The molecular weight excluding hydrogens is 566 g/mol. The first-order valence-electron chi connectivity index (χ1n) is 11.1. The Morgan fingerprint density at radius 3 is 2.64 bits per heavy atom. The molecule has 0 spiro atoms. The standard InChI is InChI=1S/C25H24Br2ClN5/c26-19-5-3-4-18(12-19)16-32-10-8-17(9-11-32)14-29-24-13-23(20-6-1-2-7-22(20)28)31-25-21(27)15-30-33(24)25/h1-7,12-13,15,17,29H,8-11,14,16H2. The molecule has 33 heavy (non-hydrogen) atoms. The van der Waals surface area contributed by atoms with Crippen molar-refractivity contribution in [3.63, 3.8) is 0 Å². The molecule has 0 amide bonds. The van der Waals surface area contributed by atoms with E-state index >= 15 is 0 Å². The second-order valence-corrected chi connectivity index (χ2v) is 10.6. The summed E-state index contributed by atoms with van der Waals surface area (Å²) in [5.74, 6) is 1.55. The van der Waals surface area contributed by atoms with Crippen LogP contribution in [0.15, 0.2) is 69.7 Å². The average Bonchev–Trinajstić information content (AvgIpc) is 3.19. The van der Waals surface area contributed by atoms with Crippen molar-refractivity contribution in [2.45, 2.75) is 19.4 Å². The number of anilines is 1. The van der Waals surface area contributed by atoms with Crippen molar-refractivity contribution in [2.75, 3.05) is 25.0 Å². The van der Waals surface area contributed by atoms with Crippen LogP contribution in [-0.2, 0) is 6.54 Å². The van der Waals surface area contributed by atoms with E-state index in [1.165, 1.54) is 18.4 Å². The minimum atomic E-state index is 0.620. The van der Waals surface area contributed by atoms with Crippen LogP contribution in [0.1, 0.15) is 18.4 Å². The van der Waals surface area contributed by atoms with Gasteiger partial charge >= 0.3 is 0 Å². The molecule has 0 aliphatic carbocycles. The molecule has 8 heteroatoms. The number of piperidine rings is 1. The largest absolute Gasteiger partial charge is 0.370 e. The van der Waals surface area contributed by atoms with Crippen LogP contribution in [0.5, 0.6) is 0 Å². The SMILES string of the molecule is Clc1ccccc1-c1cc(NCC2CCN(Cc3cccc(Br)c3)CC2)n2ncc(Br)c2n1. The lowest BCUT2D eigenvalue weighted by Crippen LogP contribution is -2.35. The van der Waals surface area contributed by atoms with E-state index in [4.69, 9.17) is 16.6 Å². The number of nitrogens with one attached hydrogen (secondary N) is 1. The Hall–Kier alpha value is -1.93. The molecule has 1 aliphatic rings. The van der Waals surface area contributed by atoms with E-state index < -0.39 is 0 Å². The fourth-order valence-corrected chi connectivity index (χ4v) is 5.39. The highest BCUT2D eigenvalue weighted by atomic mass is 79.9. The summed E-state index contributed by atoms with van der Waals surface area (Å²) in [6, 6.07) is 18.4. The zero-order chi connectivity index (χ0) is 22.8. The number of halogens is 3. The van der Waals surface area contributed by atoms with Crippen molar-refractivity contribution in [3.8, 4) is 11.3 Å². The van der Waals surface area contributed by atoms with Crippen molar-refractivity contribution < 1.29 is 0 Å². The van der Waals surface area contributed by atoms with Crippen molar-refractivity contribution in [1.29, 1.82) is 0 Å². The van der Waals surface area contributed by atoms with Gasteiger partial charge in [-0.2, -0.15) is 9.61 Å². The minimum absolute atomic E-state index is 0.620. The molecule has 4 aromatic rings. The molecular formula is C25H24Br2ClN5. The molecule has 0 atom stereocenters. The van der Waals surface area contributed by atoms with Crippen LogP contribution < -0.4 is 5.32 Å². The van der Waals surface area contributed by atoms with E-state index in [0.29, 0.717) is 10.9 Å². The van der Waals surface area contributed by atoms with Crippen LogP contribution in [-0.4, -0.2) is 39.1 Å². The third-order valence-electron chi connectivity index (χ3n) is 6.15. The summed E-state index contributed by atoms with van der Waals surface area (Å²) in [7, 11) is 0. The normalized spacial score (nSPS) is 15.2. The monoisotopic (exact) mass is 587 g/mol. The first-order valence-corrected chi connectivity index (χ1v) is 13.0. The van der Waals surface area contributed by atoms with E-state index in [2.05, 4.69) is 71.4 Å². The summed E-state index contributed by atoms with van der Waals surface area (Å²) < 4.78 is 3.86. The van der Waals surface area contributed by atoms with Crippen LogP contribution in [0.2, 0.25) is 5.02 Å². The topological polar surface area (TPSA) is 45.5 Å². The highest BCUT2D eigenvalue weighted by Gasteiger charge is 2.20. The summed E-state index contributed by atoms with van der Waals surface area (Å²) in [5, 5.41) is 8.84. The molecule has 2 aromatic heterocycles. The van der Waals surface area contributed by atoms with Gasteiger partial charge in [-0.25, -0.2) is 4.98 Å². The second-order valence-electron chi connectivity index (χ2n) is 8.46. The summed E-state index contributed by atoms with van der Waals surface area (Å²) in [4.78, 5) is 7.34. The van der Waals surface area contributed by atoms with Crippen LogP contribution in [0.4, 0.5) is 5.82 Å². The number of benzene rings is 2. The number of rotatable bonds is 6. The molecule has 170 valence electrons. The Morgan fingerprint density at radius 2 is 1.85 bits per heavy atom. The predicted octanol–water partition coefficient (Wildman–Crippen LogP) is 6.90. The highest BCUT2D eigenvalue weighted by molar-refractivity contribution is 9.11. The van der Waals surface area contributed by atoms with Gasteiger partial charge in [0.25, 0.3) is 0 Å². The van der Waals surface area contributed by atoms with E-state index in [-0.39, 0.29) is 0 Å². The highest BCUT2D eigenvalue weighted by Crippen LogP contribution is 2.30. The number of fused-ring (bicyclic) bond motifs is 1. The third-order valence-corrected chi connectivity index (χ3v) is 7.54. The van der Waals surface area contributed by atoms with Gasteiger partial charge in [0.05, 0.1) is 16.4 Å². The van der Waals surface area contributed by atoms with Gasteiger partial charge in [-0.05, 0) is 71.5 Å². The average molecular weight is 590 g/mol. The van der Waals surface area contributed by atoms with Gasteiger partial charge < -0.3 is 5.32 Å². The molecule has 0 radical (unpaired) electrons. The molecule has 1 saturated heterocycles. The Labute approximate surface area is 215 Å². The lowest BCUT2D eigenvalue weighted by Gasteiger charge is -2.32. The molecule has 3 heterocycles. The fraction of sp³-hybridized carbons (Fsp3) is 0.280. The first kappa shape index (κ1) is 22.8. The quantitative estimate of drug-likeness (QED) is 0.266. The van der Waals surface area contributed by atoms with Gasteiger partial charge in [0, 0.05) is 34.2 Å². The lowest BCUT2D eigenvalue weighted by atomic mass is 9.96. The van der Waals surface area contributed by atoms with Gasteiger partial charge in [-0.1, -0.05) is 57.9 Å². The number of aromatic nitrogens is 3. The Kier molecular flexibility index (Phi) is 7.02. The molecule has 1 aliphatic heterocycles. The number of nitrogens with zero attached hydrogens (tertiary/aromatic N) is 4. The summed E-state index contributed by atoms with van der Waals surface area (Å²) in [6.45, 7) is 4.14. The van der Waals surface area contributed by atoms with E-state index in [1.54, 1.807) is 6.20 Å². The van der Waals surface area contributed by atoms with Crippen molar-refractivity contribution in [1.82, 2.24) is 19.5 Å². The molecule has 0 saturated carbocycles. The number of hydrogen-bond donors (Lipinski definition) is 1. The van der Waals surface area contributed by atoms with Gasteiger partial charge in [-0.15, -0.1) is 0 Å². The zero-order valence-corrected chi connectivity index (χ0v) is 21.9. The van der Waals surface area contributed by atoms with Crippen molar-refractivity contribution in [2.24, 2.45) is 5.92 Å². The van der Waals surface area contributed by atoms with Crippen molar-refractivity contribution >= 4 is 54.9 Å². The molecule has 2 aromatic carbocycles. The Bertz CT molecular complexity index is 1270. The molecule has 1 N–H and O–H groups in total. The molecule has 0 unspecified atom stereocenters. The number of hydrogen-bond acceptors (Lipinski definition) is 4. The first-order chi connectivity index (χ1) is 16.1. The maximum atomic E-state index is 6.45.